The number of rotatable bonds is 8. The molecule has 1 heterocycles. The van der Waals surface area contributed by atoms with E-state index in [1.54, 1.807) is 49.4 Å². The van der Waals surface area contributed by atoms with Gasteiger partial charge in [0.15, 0.2) is 0 Å². The van der Waals surface area contributed by atoms with Gasteiger partial charge >= 0.3 is 12.1 Å². The molecule has 9 nitrogen and oxygen atoms in total. The summed E-state index contributed by atoms with van der Waals surface area (Å²) in [5.41, 5.74) is 1.37. The lowest BCUT2D eigenvalue weighted by atomic mass is 10.0. The van der Waals surface area contributed by atoms with Gasteiger partial charge in [0.25, 0.3) is 5.91 Å². The van der Waals surface area contributed by atoms with Gasteiger partial charge in [-0.25, -0.2) is 9.59 Å². The van der Waals surface area contributed by atoms with Gasteiger partial charge in [0, 0.05) is 17.9 Å². The van der Waals surface area contributed by atoms with Crippen molar-refractivity contribution in [3.05, 3.63) is 63.6 Å². The van der Waals surface area contributed by atoms with Crippen LogP contribution in [0.4, 0.5) is 10.5 Å². The average molecular weight is 554 g/mol. The second-order valence-electron chi connectivity index (χ2n) is 7.72. The molecule has 0 bridgehead atoms. The van der Waals surface area contributed by atoms with Crippen molar-refractivity contribution < 1.29 is 28.7 Å². The highest BCUT2D eigenvalue weighted by molar-refractivity contribution is 7.99. The summed E-state index contributed by atoms with van der Waals surface area (Å²) in [5, 5.41) is 5.88. The van der Waals surface area contributed by atoms with E-state index in [1.165, 1.54) is 23.8 Å². The molecule has 36 heavy (non-hydrogen) atoms. The molecule has 2 aromatic carbocycles. The third-order valence-corrected chi connectivity index (χ3v) is 6.97. The predicted molar refractivity (Wildman–Crippen MR) is 138 cm³/mol. The Labute approximate surface area is 222 Å². The minimum atomic E-state index is -0.973. The van der Waals surface area contributed by atoms with Crippen LogP contribution in [0.5, 0.6) is 0 Å². The van der Waals surface area contributed by atoms with E-state index in [4.69, 9.17) is 32.7 Å². The second-order valence-corrected chi connectivity index (χ2v) is 9.53. The summed E-state index contributed by atoms with van der Waals surface area (Å²) in [4.78, 5) is 51.3. The van der Waals surface area contributed by atoms with E-state index in [-0.39, 0.29) is 28.6 Å². The van der Waals surface area contributed by atoms with Crippen molar-refractivity contribution in [3.8, 4) is 0 Å². The van der Waals surface area contributed by atoms with Crippen LogP contribution in [-0.2, 0) is 25.5 Å². The summed E-state index contributed by atoms with van der Waals surface area (Å²) in [6.45, 7) is 1.88. The molecule has 2 atom stereocenters. The van der Waals surface area contributed by atoms with Gasteiger partial charge in [0.2, 0.25) is 5.91 Å². The number of ether oxygens (including phenoxy) is 2. The van der Waals surface area contributed by atoms with Crippen LogP contribution < -0.4 is 10.6 Å². The molecule has 0 aromatic heterocycles. The lowest BCUT2D eigenvalue weighted by Crippen LogP contribution is -2.52. The molecule has 1 fully saturated rings. The minimum absolute atomic E-state index is 0.141. The number of nitrogens with one attached hydrogen (secondary N) is 2. The molecule has 1 saturated heterocycles. The Morgan fingerprint density at radius 3 is 2.39 bits per heavy atom. The van der Waals surface area contributed by atoms with E-state index in [9.17, 15) is 19.2 Å². The second kappa shape index (κ2) is 12.8. The standard InChI is InChI=1S/C24H25Cl2N3O6S/c1-3-35-24(33)29-13-36-12-19(29)21(30)28-18(23(32)34-2)11-14-7-9-15(10-8-14)27-22(31)20-16(25)5-4-6-17(20)26/h4-10,18-19H,3,11-13H2,1-2H3,(H,27,31)(H,28,30)/t18-,19+/m0/s1. The first kappa shape index (κ1) is 27.6. The zero-order valence-corrected chi connectivity index (χ0v) is 21.9. The Balaban J connectivity index is 1.66. The van der Waals surface area contributed by atoms with Gasteiger partial charge in [-0.1, -0.05) is 41.4 Å². The number of halogens is 2. The number of methoxy groups -OCH3 is 1. The number of benzene rings is 2. The first-order chi connectivity index (χ1) is 17.2. The molecule has 3 rings (SSSR count). The topological polar surface area (TPSA) is 114 Å². The summed E-state index contributed by atoms with van der Waals surface area (Å²) in [6, 6.07) is 9.80. The lowest BCUT2D eigenvalue weighted by Gasteiger charge is -2.24. The van der Waals surface area contributed by atoms with Crippen LogP contribution in [0.3, 0.4) is 0 Å². The Kier molecular flexibility index (Phi) is 9.86. The number of esters is 1. The van der Waals surface area contributed by atoms with Gasteiger partial charge in [-0.3, -0.25) is 14.5 Å². The van der Waals surface area contributed by atoms with E-state index < -0.39 is 36.0 Å². The van der Waals surface area contributed by atoms with Crippen LogP contribution in [0.15, 0.2) is 42.5 Å². The van der Waals surface area contributed by atoms with Crippen LogP contribution in [0.1, 0.15) is 22.8 Å². The first-order valence-corrected chi connectivity index (χ1v) is 12.9. The molecule has 192 valence electrons. The number of carbonyl (C=O) groups excluding carboxylic acids is 4. The van der Waals surface area contributed by atoms with Crippen LogP contribution in [0.25, 0.3) is 0 Å². The van der Waals surface area contributed by atoms with Crippen molar-refractivity contribution in [1.82, 2.24) is 10.2 Å². The minimum Gasteiger partial charge on any atom is -0.467 e. The summed E-state index contributed by atoms with van der Waals surface area (Å²) in [5.74, 6) is -0.834. The SMILES string of the molecule is CCOC(=O)N1CSC[C@@H]1C(=O)N[C@@H](Cc1ccc(NC(=O)c2c(Cl)cccc2Cl)cc1)C(=O)OC. The van der Waals surface area contributed by atoms with Crippen molar-refractivity contribution in [2.45, 2.75) is 25.4 Å². The highest BCUT2D eigenvalue weighted by Gasteiger charge is 2.37. The van der Waals surface area contributed by atoms with Gasteiger partial charge in [-0.15, -0.1) is 11.8 Å². The van der Waals surface area contributed by atoms with Crippen molar-refractivity contribution in [1.29, 1.82) is 0 Å². The molecule has 0 unspecified atom stereocenters. The number of anilines is 1. The Hall–Kier alpha value is -2.95. The number of amides is 3. The third-order valence-electron chi connectivity index (χ3n) is 5.33. The van der Waals surface area contributed by atoms with Crippen LogP contribution in [-0.4, -0.2) is 66.2 Å². The summed E-state index contributed by atoms with van der Waals surface area (Å²) in [6.07, 6.45) is -0.435. The van der Waals surface area contributed by atoms with Gasteiger partial charge in [0.05, 0.1) is 35.2 Å². The van der Waals surface area contributed by atoms with Crippen LogP contribution in [0.2, 0.25) is 10.0 Å². The third kappa shape index (κ3) is 6.83. The maximum absolute atomic E-state index is 12.9. The number of hydrogen-bond donors (Lipinski definition) is 2. The highest BCUT2D eigenvalue weighted by atomic mass is 35.5. The molecule has 2 N–H and O–H groups in total. The highest BCUT2D eigenvalue weighted by Crippen LogP contribution is 2.26. The quantitative estimate of drug-likeness (QED) is 0.475. The molecular weight excluding hydrogens is 529 g/mol. The van der Waals surface area contributed by atoms with Gasteiger partial charge in [-0.2, -0.15) is 0 Å². The molecule has 0 radical (unpaired) electrons. The Morgan fingerprint density at radius 1 is 1.11 bits per heavy atom. The molecule has 1 aliphatic heterocycles. The molecule has 0 spiro atoms. The molecule has 2 aromatic rings. The normalized spacial score (nSPS) is 15.7. The smallest absolute Gasteiger partial charge is 0.411 e. The molecule has 0 aliphatic carbocycles. The predicted octanol–water partition coefficient (Wildman–Crippen LogP) is 3.98. The maximum atomic E-state index is 12.9. The Morgan fingerprint density at radius 2 is 1.78 bits per heavy atom. The molecule has 3 amide bonds. The van der Waals surface area contributed by atoms with Gasteiger partial charge in [-0.05, 0) is 36.8 Å². The fourth-order valence-corrected chi connectivity index (χ4v) is 5.23. The maximum Gasteiger partial charge on any atom is 0.411 e. The monoisotopic (exact) mass is 553 g/mol. The van der Waals surface area contributed by atoms with Gasteiger partial charge < -0.3 is 20.1 Å². The van der Waals surface area contributed by atoms with Crippen LogP contribution >= 0.6 is 35.0 Å². The van der Waals surface area contributed by atoms with Crippen LogP contribution in [0, 0.1) is 0 Å². The molecular formula is C24H25Cl2N3O6S. The van der Waals surface area contributed by atoms with E-state index in [0.29, 0.717) is 22.9 Å². The molecule has 1 aliphatic rings. The lowest BCUT2D eigenvalue weighted by molar-refractivity contribution is -0.145. The molecule has 0 saturated carbocycles. The number of carbonyl (C=O) groups is 4. The van der Waals surface area contributed by atoms with Crippen molar-refractivity contribution >= 4 is 64.5 Å². The fourth-order valence-electron chi connectivity index (χ4n) is 3.52. The summed E-state index contributed by atoms with van der Waals surface area (Å²) >= 11 is 13.6. The Bertz CT molecular complexity index is 1110. The number of hydrogen-bond acceptors (Lipinski definition) is 7. The summed E-state index contributed by atoms with van der Waals surface area (Å²) in [7, 11) is 1.23. The molecule has 12 heteroatoms. The number of nitrogens with zero attached hydrogens (tertiary/aromatic N) is 1. The average Bonchev–Trinajstić information content (AvgIpc) is 3.35. The van der Waals surface area contributed by atoms with Gasteiger partial charge in [0.1, 0.15) is 12.1 Å². The fraction of sp³-hybridized carbons (Fsp3) is 0.333. The van der Waals surface area contributed by atoms with E-state index in [1.807, 2.05) is 0 Å². The largest absolute Gasteiger partial charge is 0.467 e. The van der Waals surface area contributed by atoms with Crippen molar-refractivity contribution in [2.75, 3.05) is 30.7 Å². The zero-order chi connectivity index (χ0) is 26.2. The number of thioether (sulfide) groups is 1. The summed E-state index contributed by atoms with van der Waals surface area (Å²) < 4.78 is 9.88. The van der Waals surface area contributed by atoms with E-state index in [0.717, 1.165) is 0 Å². The zero-order valence-electron chi connectivity index (χ0n) is 19.6. The van der Waals surface area contributed by atoms with Crippen molar-refractivity contribution in [2.24, 2.45) is 0 Å². The van der Waals surface area contributed by atoms with Crippen molar-refractivity contribution in [3.63, 3.8) is 0 Å². The van der Waals surface area contributed by atoms with E-state index in [2.05, 4.69) is 10.6 Å². The first-order valence-electron chi connectivity index (χ1n) is 11.0. The van der Waals surface area contributed by atoms with E-state index >= 15 is 0 Å².